The van der Waals surface area contributed by atoms with Crippen LogP contribution in [0.25, 0.3) is 22.0 Å². The lowest BCUT2D eigenvalue weighted by atomic mass is 10.0. The van der Waals surface area contributed by atoms with Crippen LogP contribution in [0.2, 0.25) is 0 Å². The van der Waals surface area contributed by atoms with E-state index in [1.54, 1.807) is 6.07 Å². The molecule has 4 N–H and O–H groups in total. The van der Waals surface area contributed by atoms with Gasteiger partial charge in [-0.25, -0.2) is 13.6 Å². The quantitative estimate of drug-likeness (QED) is 0.357. The molecule has 0 amide bonds. The SMILES string of the molecule is Cc1cc2c(-c3ccc[nH]c3=O)c(C(=O)O)n(Cc3cc(C(O)CO)ccc3F)c2cc1F. The van der Waals surface area contributed by atoms with Crippen LogP contribution < -0.4 is 5.56 Å². The molecule has 170 valence electrons. The van der Waals surface area contributed by atoms with Gasteiger partial charge in [-0.3, -0.25) is 4.79 Å². The monoisotopic (exact) mass is 454 g/mol. The maximum Gasteiger partial charge on any atom is 0.353 e. The van der Waals surface area contributed by atoms with E-state index in [4.69, 9.17) is 0 Å². The number of benzene rings is 2. The molecular weight excluding hydrogens is 434 g/mol. The molecule has 0 saturated carbocycles. The summed E-state index contributed by atoms with van der Waals surface area (Å²) in [4.78, 5) is 27.4. The van der Waals surface area contributed by atoms with Crippen molar-refractivity contribution >= 4 is 16.9 Å². The van der Waals surface area contributed by atoms with Crippen molar-refractivity contribution in [3.05, 3.63) is 93.0 Å². The molecule has 2 aromatic heterocycles. The van der Waals surface area contributed by atoms with Crippen LogP contribution in [0.5, 0.6) is 0 Å². The van der Waals surface area contributed by atoms with Crippen LogP contribution >= 0.6 is 0 Å². The van der Waals surface area contributed by atoms with Gasteiger partial charge in [0.25, 0.3) is 5.56 Å². The first-order chi connectivity index (χ1) is 15.7. The van der Waals surface area contributed by atoms with E-state index in [1.807, 2.05) is 0 Å². The number of carbonyl (C=O) groups is 1. The summed E-state index contributed by atoms with van der Waals surface area (Å²) >= 11 is 0. The molecule has 0 radical (unpaired) electrons. The Bertz CT molecular complexity index is 1440. The van der Waals surface area contributed by atoms with E-state index in [0.717, 1.165) is 12.1 Å². The van der Waals surface area contributed by atoms with E-state index >= 15 is 0 Å². The number of hydrogen-bond acceptors (Lipinski definition) is 4. The lowest BCUT2D eigenvalue weighted by Gasteiger charge is -2.13. The average molecular weight is 454 g/mol. The van der Waals surface area contributed by atoms with Crippen molar-refractivity contribution in [3.63, 3.8) is 0 Å². The number of aromatic amines is 1. The highest BCUT2D eigenvalue weighted by Crippen LogP contribution is 2.36. The van der Waals surface area contributed by atoms with Crippen LogP contribution in [-0.2, 0) is 6.54 Å². The Hall–Kier alpha value is -3.82. The summed E-state index contributed by atoms with van der Waals surface area (Å²) in [5, 5.41) is 29.5. The molecule has 0 fully saturated rings. The van der Waals surface area contributed by atoms with Gasteiger partial charge in [-0.1, -0.05) is 6.07 Å². The summed E-state index contributed by atoms with van der Waals surface area (Å²) in [6, 6.07) is 9.34. The van der Waals surface area contributed by atoms with Crippen molar-refractivity contribution in [2.75, 3.05) is 6.61 Å². The lowest BCUT2D eigenvalue weighted by Crippen LogP contribution is -2.14. The Morgan fingerprint density at radius 3 is 2.58 bits per heavy atom. The number of halogens is 2. The average Bonchev–Trinajstić information content (AvgIpc) is 3.08. The van der Waals surface area contributed by atoms with Gasteiger partial charge in [-0.2, -0.15) is 0 Å². The number of H-pyrrole nitrogens is 1. The van der Waals surface area contributed by atoms with E-state index in [9.17, 15) is 33.7 Å². The zero-order chi connectivity index (χ0) is 23.9. The van der Waals surface area contributed by atoms with Gasteiger partial charge in [-0.05, 0) is 54.4 Å². The smallest absolute Gasteiger partial charge is 0.353 e. The minimum Gasteiger partial charge on any atom is -0.477 e. The summed E-state index contributed by atoms with van der Waals surface area (Å²) in [5.74, 6) is -2.64. The maximum atomic E-state index is 14.7. The summed E-state index contributed by atoms with van der Waals surface area (Å²) < 4.78 is 30.4. The molecule has 0 aliphatic heterocycles. The molecule has 0 spiro atoms. The highest BCUT2D eigenvalue weighted by molar-refractivity contribution is 6.08. The number of carboxylic acid groups (broad SMARTS) is 1. The van der Waals surface area contributed by atoms with Gasteiger partial charge in [0.05, 0.1) is 18.7 Å². The zero-order valence-corrected chi connectivity index (χ0v) is 17.5. The normalized spacial score (nSPS) is 12.3. The number of aromatic nitrogens is 2. The number of aliphatic hydroxyl groups excluding tert-OH is 2. The number of aliphatic hydroxyl groups is 2. The molecular formula is C24H20F2N2O5. The number of nitrogens with zero attached hydrogens (tertiary/aromatic N) is 1. The molecule has 2 aromatic carbocycles. The van der Waals surface area contributed by atoms with Crippen LogP contribution in [0.4, 0.5) is 8.78 Å². The molecule has 33 heavy (non-hydrogen) atoms. The van der Waals surface area contributed by atoms with Crippen molar-refractivity contribution in [1.29, 1.82) is 0 Å². The molecule has 1 atom stereocenters. The Morgan fingerprint density at radius 1 is 1.15 bits per heavy atom. The number of nitrogens with one attached hydrogen (secondary N) is 1. The maximum absolute atomic E-state index is 14.7. The third kappa shape index (κ3) is 3.92. The molecule has 0 aliphatic carbocycles. The number of aryl methyl sites for hydroxylation is 1. The van der Waals surface area contributed by atoms with Gasteiger partial charge >= 0.3 is 5.97 Å². The topological polar surface area (TPSA) is 116 Å². The molecule has 2 heterocycles. The highest BCUT2D eigenvalue weighted by atomic mass is 19.1. The van der Waals surface area contributed by atoms with Gasteiger partial charge in [0.2, 0.25) is 0 Å². The lowest BCUT2D eigenvalue weighted by molar-refractivity contribution is 0.0687. The predicted molar refractivity (Wildman–Crippen MR) is 117 cm³/mol. The molecule has 4 rings (SSSR count). The first kappa shape index (κ1) is 22.4. The summed E-state index contributed by atoms with van der Waals surface area (Å²) in [7, 11) is 0. The highest BCUT2D eigenvalue weighted by Gasteiger charge is 2.26. The second-order valence-corrected chi connectivity index (χ2v) is 7.70. The molecule has 1 unspecified atom stereocenters. The number of fused-ring (bicyclic) bond motifs is 1. The number of aromatic carboxylic acids is 1. The van der Waals surface area contributed by atoms with Gasteiger partial charge in [0.15, 0.2) is 0 Å². The minimum atomic E-state index is -1.38. The first-order valence-corrected chi connectivity index (χ1v) is 10.0. The predicted octanol–water partition coefficient (Wildman–Crippen LogP) is 3.36. The zero-order valence-electron chi connectivity index (χ0n) is 17.5. The van der Waals surface area contributed by atoms with Crippen molar-refractivity contribution in [3.8, 4) is 11.1 Å². The first-order valence-electron chi connectivity index (χ1n) is 10.0. The fraction of sp³-hybridized carbons (Fsp3) is 0.167. The van der Waals surface area contributed by atoms with Crippen LogP contribution in [0, 0.1) is 18.6 Å². The molecule has 0 bridgehead atoms. The summed E-state index contributed by atoms with van der Waals surface area (Å²) in [5.41, 5.74) is 0.0204. The largest absolute Gasteiger partial charge is 0.477 e. The van der Waals surface area contributed by atoms with E-state index in [2.05, 4.69) is 4.98 Å². The van der Waals surface area contributed by atoms with Gasteiger partial charge in [-0.15, -0.1) is 0 Å². The van der Waals surface area contributed by atoms with Crippen LogP contribution in [0.15, 0.2) is 53.5 Å². The Kier molecular flexibility index (Phi) is 5.84. The second-order valence-electron chi connectivity index (χ2n) is 7.70. The Morgan fingerprint density at radius 2 is 1.91 bits per heavy atom. The van der Waals surface area contributed by atoms with E-state index in [-0.39, 0.29) is 45.6 Å². The van der Waals surface area contributed by atoms with Crippen LogP contribution in [0.3, 0.4) is 0 Å². The number of hydrogen-bond donors (Lipinski definition) is 4. The van der Waals surface area contributed by atoms with Crippen LogP contribution in [0.1, 0.15) is 33.3 Å². The Labute approximate surface area is 186 Å². The molecule has 4 aromatic rings. The third-order valence-corrected chi connectivity index (χ3v) is 5.59. The summed E-state index contributed by atoms with van der Waals surface area (Å²) in [6.45, 7) is 0.623. The van der Waals surface area contributed by atoms with Crippen molar-refractivity contribution < 1.29 is 28.9 Å². The van der Waals surface area contributed by atoms with Gasteiger partial charge < -0.3 is 24.9 Å². The summed E-state index contributed by atoms with van der Waals surface area (Å²) in [6.07, 6.45) is 0.159. The second kappa shape index (κ2) is 8.61. The Balaban J connectivity index is 2.05. The fourth-order valence-corrected chi connectivity index (χ4v) is 3.95. The number of rotatable bonds is 6. The standard InChI is InChI=1S/C24H20F2N2O5/c1-12-7-16-19(9-18(12)26)28(10-14-8-13(20(30)11-29)4-5-17(14)25)22(24(32)33)21(16)15-3-2-6-27-23(15)31/h2-9,20,29-30H,10-11H2,1H3,(H,27,31)(H,32,33). The van der Waals surface area contributed by atoms with Crippen molar-refractivity contribution in [2.45, 2.75) is 19.6 Å². The van der Waals surface area contributed by atoms with Crippen molar-refractivity contribution in [2.24, 2.45) is 0 Å². The van der Waals surface area contributed by atoms with Crippen molar-refractivity contribution in [1.82, 2.24) is 9.55 Å². The van der Waals surface area contributed by atoms with E-state index < -0.39 is 35.9 Å². The molecule has 9 heteroatoms. The van der Waals surface area contributed by atoms with E-state index in [0.29, 0.717) is 5.39 Å². The van der Waals surface area contributed by atoms with Crippen LogP contribution in [-0.4, -0.2) is 37.4 Å². The molecule has 0 aliphatic rings. The van der Waals surface area contributed by atoms with Gasteiger partial charge in [0.1, 0.15) is 23.4 Å². The van der Waals surface area contributed by atoms with E-state index in [1.165, 1.54) is 42.0 Å². The number of pyridine rings is 1. The van der Waals surface area contributed by atoms with Gasteiger partial charge in [0, 0.05) is 28.3 Å². The number of carboxylic acids is 1. The third-order valence-electron chi connectivity index (χ3n) is 5.59. The minimum absolute atomic E-state index is 0.0221. The fourth-order valence-electron chi connectivity index (χ4n) is 3.95. The molecule has 7 nitrogen and oxygen atoms in total. The molecule has 0 saturated heterocycles.